The molecule has 1 aromatic heterocycles. The largest absolute Gasteiger partial charge is 0.388 e. The Morgan fingerprint density at radius 2 is 2.18 bits per heavy atom. The van der Waals surface area contributed by atoms with Crippen LogP contribution < -0.4 is 4.90 Å². The molecule has 2 rings (SSSR count). The molecule has 1 aromatic rings. The van der Waals surface area contributed by atoms with Crippen LogP contribution in [0.1, 0.15) is 18.4 Å². The minimum Gasteiger partial charge on any atom is -0.388 e. The van der Waals surface area contributed by atoms with Crippen LogP contribution in [0.4, 0.5) is 5.82 Å². The van der Waals surface area contributed by atoms with Crippen LogP contribution in [0.3, 0.4) is 0 Å². The number of aromatic nitrogens is 2. The van der Waals surface area contributed by atoms with Crippen LogP contribution in [-0.4, -0.2) is 47.7 Å². The Kier molecular flexibility index (Phi) is 3.59. The Morgan fingerprint density at radius 1 is 1.47 bits per heavy atom. The second kappa shape index (κ2) is 4.98. The van der Waals surface area contributed by atoms with E-state index < -0.39 is 5.60 Å². The van der Waals surface area contributed by atoms with Gasteiger partial charge in [0.1, 0.15) is 0 Å². The van der Waals surface area contributed by atoms with Gasteiger partial charge in [-0.25, -0.2) is 0 Å². The first kappa shape index (κ1) is 12.3. The predicted octanol–water partition coefficient (Wildman–Crippen LogP) is 0.763. The summed E-state index contributed by atoms with van der Waals surface area (Å²) in [6, 6.07) is 1.97. The Morgan fingerprint density at radius 3 is 2.82 bits per heavy atom. The average Bonchev–Trinajstić information content (AvgIpc) is 2.29. The second-order valence-electron chi connectivity index (χ2n) is 4.78. The smallest absolute Gasteiger partial charge is 0.151 e. The molecule has 1 N–H and O–H groups in total. The van der Waals surface area contributed by atoms with Gasteiger partial charge in [-0.2, -0.15) is 5.10 Å². The summed E-state index contributed by atoms with van der Waals surface area (Å²) >= 11 is 0. The Balaban J connectivity index is 2.03. The summed E-state index contributed by atoms with van der Waals surface area (Å²) in [6.45, 7) is 3.80. The number of hydrogen-bond donors (Lipinski definition) is 1. The third-order valence-electron chi connectivity index (χ3n) is 3.12. The molecular weight excluding hydrogens is 218 g/mol. The fraction of sp³-hybridized carbons (Fsp3) is 0.667. The highest BCUT2D eigenvalue weighted by atomic mass is 16.5. The summed E-state index contributed by atoms with van der Waals surface area (Å²) in [7, 11) is 1.93. The Hall–Kier alpha value is -1.20. The van der Waals surface area contributed by atoms with Gasteiger partial charge < -0.3 is 14.7 Å². The van der Waals surface area contributed by atoms with Crippen molar-refractivity contribution in [1.29, 1.82) is 0 Å². The Bertz CT molecular complexity index is 378. The number of aryl methyl sites for hydroxylation is 1. The lowest BCUT2D eigenvalue weighted by Crippen LogP contribution is -2.46. The average molecular weight is 237 g/mol. The van der Waals surface area contributed by atoms with Crippen molar-refractivity contribution in [3.8, 4) is 0 Å². The highest BCUT2D eigenvalue weighted by Crippen LogP contribution is 2.23. The molecule has 0 unspecified atom stereocenters. The van der Waals surface area contributed by atoms with Crippen LogP contribution in [0.2, 0.25) is 0 Å². The number of anilines is 1. The molecule has 0 amide bonds. The van der Waals surface area contributed by atoms with Crippen molar-refractivity contribution in [1.82, 2.24) is 10.2 Å². The zero-order valence-corrected chi connectivity index (χ0v) is 10.4. The van der Waals surface area contributed by atoms with Gasteiger partial charge >= 0.3 is 0 Å². The highest BCUT2D eigenvalue weighted by molar-refractivity contribution is 5.38. The van der Waals surface area contributed by atoms with E-state index in [1.165, 1.54) is 0 Å². The fourth-order valence-corrected chi connectivity index (χ4v) is 2.07. The molecule has 17 heavy (non-hydrogen) atoms. The Labute approximate surface area is 101 Å². The molecule has 0 aromatic carbocycles. The molecule has 0 radical (unpaired) electrons. The molecule has 1 saturated heterocycles. The third kappa shape index (κ3) is 3.14. The number of hydrogen-bond acceptors (Lipinski definition) is 5. The van der Waals surface area contributed by atoms with Gasteiger partial charge in [-0.1, -0.05) is 0 Å². The highest BCUT2D eigenvalue weighted by Gasteiger charge is 2.31. The lowest BCUT2D eigenvalue weighted by atomic mass is 9.94. The van der Waals surface area contributed by atoms with E-state index in [2.05, 4.69) is 10.2 Å². The second-order valence-corrected chi connectivity index (χ2v) is 4.78. The van der Waals surface area contributed by atoms with E-state index in [-0.39, 0.29) is 0 Å². The molecule has 94 valence electrons. The van der Waals surface area contributed by atoms with Crippen LogP contribution in [0.25, 0.3) is 0 Å². The summed E-state index contributed by atoms with van der Waals surface area (Å²) < 4.78 is 5.26. The maximum Gasteiger partial charge on any atom is 0.151 e. The molecule has 0 spiro atoms. The molecule has 0 bridgehead atoms. The molecule has 1 fully saturated rings. The topological polar surface area (TPSA) is 58.5 Å². The molecular formula is C12H19N3O2. The third-order valence-corrected chi connectivity index (χ3v) is 3.12. The zero-order chi connectivity index (χ0) is 12.3. The quantitative estimate of drug-likeness (QED) is 0.841. The molecule has 0 saturated carbocycles. The number of likely N-dealkylation sites (N-methyl/N-ethyl adjacent to an activating group) is 1. The van der Waals surface area contributed by atoms with Gasteiger partial charge in [0, 0.05) is 39.6 Å². The van der Waals surface area contributed by atoms with Gasteiger partial charge in [0.25, 0.3) is 0 Å². The van der Waals surface area contributed by atoms with Crippen molar-refractivity contribution in [2.45, 2.75) is 25.4 Å². The van der Waals surface area contributed by atoms with Crippen LogP contribution in [0.15, 0.2) is 12.3 Å². The van der Waals surface area contributed by atoms with Crippen molar-refractivity contribution in [3.05, 3.63) is 17.8 Å². The van der Waals surface area contributed by atoms with Gasteiger partial charge in [0.15, 0.2) is 5.82 Å². The van der Waals surface area contributed by atoms with Crippen LogP contribution in [0.5, 0.6) is 0 Å². The minimum absolute atomic E-state index is 0.564. The number of aliphatic hydroxyl groups is 1. The lowest BCUT2D eigenvalue weighted by Gasteiger charge is -2.35. The van der Waals surface area contributed by atoms with E-state index in [4.69, 9.17) is 4.74 Å². The summed E-state index contributed by atoms with van der Waals surface area (Å²) in [5.74, 6) is 0.796. The van der Waals surface area contributed by atoms with E-state index in [1.54, 1.807) is 6.20 Å². The lowest BCUT2D eigenvalue weighted by molar-refractivity contribution is -0.0573. The molecule has 1 aliphatic heterocycles. The van der Waals surface area contributed by atoms with E-state index in [0.717, 1.165) is 11.4 Å². The van der Waals surface area contributed by atoms with E-state index in [1.807, 2.05) is 24.9 Å². The predicted molar refractivity (Wildman–Crippen MR) is 65.0 cm³/mol. The first-order valence-electron chi connectivity index (χ1n) is 5.90. The van der Waals surface area contributed by atoms with E-state index in [9.17, 15) is 5.11 Å². The molecule has 2 heterocycles. The SMILES string of the molecule is Cc1cnnc(N(C)CC2(O)CCOCC2)c1. The minimum atomic E-state index is -0.668. The van der Waals surface area contributed by atoms with Crippen LogP contribution in [0, 0.1) is 6.92 Å². The van der Waals surface area contributed by atoms with Crippen LogP contribution in [-0.2, 0) is 4.74 Å². The normalized spacial score (nSPS) is 19.0. The van der Waals surface area contributed by atoms with Gasteiger partial charge in [-0.05, 0) is 18.6 Å². The summed E-state index contributed by atoms with van der Waals surface area (Å²) in [5, 5.41) is 18.4. The van der Waals surface area contributed by atoms with Gasteiger partial charge in [0.2, 0.25) is 0 Å². The van der Waals surface area contributed by atoms with Gasteiger partial charge in [-0.3, -0.25) is 0 Å². The van der Waals surface area contributed by atoms with Crippen molar-refractivity contribution in [3.63, 3.8) is 0 Å². The molecule has 0 aliphatic carbocycles. The molecule has 5 heteroatoms. The standard InChI is InChI=1S/C12H19N3O2/c1-10-7-11(14-13-8-10)15(2)9-12(16)3-5-17-6-4-12/h7-8,16H,3-6,9H2,1-2H3. The van der Waals surface area contributed by atoms with Crippen molar-refractivity contribution < 1.29 is 9.84 Å². The summed E-state index contributed by atoms with van der Waals surface area (Å²) in [4.78, 5) is 1.95. The maximum atomic E-state index is 10.4. The first-order chi connectivity index (χ1) is 8.09. The fourth-order valence-electron chi connectivity index (χ4n) is 2.07. The van der Waals surface area contributed by atoms with Crippen molar-refractivity contribution in [2.75, 3.05) is 31.7 Å². The molecule has 1 aliphatic rings. The summed E-state index contributed by atoms with van der Waals surface area (Å²) in [5.41, 5.74) is 0.402. The monoisotopic (exact) mass is 237 g/mol. The van der Waals surface area contributed by atoms with Crippen molar-refractivity contribution in [2.24, 2.45) is 0 Å². The van der Waals surface area contributed by atoms with Crippen molar-refractivity contribution >= 4 is 5.82 Å². The van der Waals surface area contributed by atoms with E-state index in [0.29, 0.717) is 32.6 Å². The zero-order valence-electron chi connectivity index (χ0n) is 10.4. The maximum absolute atomic E-state index is 10.4. The van der Waals surface area contributed by atoms with Crippen LogP contribution >= 0.6 is 0 Å². The number of rotatable bonds is 3. The summed E-state index contributed by atoms with van der Waals surface area (Å²) in [6.07, 6.45) is 3.08. The molecule has 5 nitrogen and oxygen atoms in total. The first-order valence-corrected chi connectivity index (χ1v) is 5.90. The van der Waals surface area contributed by atoms with Gasteiger partial charge in [-0.15, -0.1) is 5.10 Å². The molecule has 0 atom stereocenters. The number of nitrogens with zero attached hydrogens (tertiary/aromatic N) is 3. The van der Waals surface area contributed by atoms with Gasteiger partial charge in [0.05, 0.1) is 11.8 Å². The number of ether oxygens (including phenoxy) is 1. The van der Waals surface area contributed by atoms with E-state index >= 15 is 0 Å².